The molecule has 2 aromatic carbocycles. The lowest BCUT2D eigenvalue weighted by atomic mass is 9.86. The van der Waals surface area contributed by atoms with Crippen LogP contribution in [0.4, 0.5) is 5.82 Å². The molecule has 2 N–H and O–H groups in total. The van der Waals surface area contributed by atoms with Crippen molar-refractivity contribution in [2.24, 2.45) is 5.92 Å². The molecule has 172 valence electrons. The molecule has 1 heterocycles. The van der Waals surface area contributed by atoms with Crippen LogP contribution in [0.3, 0.4) is 0 Å². The third kappa shape index (κ3) is 4.56. The third-order valence-corrected chi connectivity index (χ3v) is 6.70. The highest BCUT2D eigenvalue weighted by molar-refractivity contribution is 5.94. The number of aryl methyl sites for hydroxylation is 2. The van der Waals surface area contributed by atoms with Crippen molar-refractivity contribution in [1.29, 1.82) is 0 Å². The molecule has 0 saturated heterocycles. The van der Waals surface area contributed by atoms with Crippen molar-refractivity contribution in [2.45, 2.75) is 53.0 Å². The summed E-state index contributed by atoms with van der Waals surface area (Å²) in [4.78, 5) is 20.7. The minimum absolute atomic E-state index is 0.0678. The minimum atomic E-state index is -0.730. The molecule has 33 heavy (non-hydrogen) atoms. The number of carboxylic acid groups (broad SMARTS) is 1. The Balaban J connectivity index is 1.77. The second-order valence-corrected chi connectivity index (χ2v) is 8.88. The number of ether oxygens (including phenoxy) is 1. The van der Waals surface area contributed by atoms with Crippen molar-refractivity contribution in [3.63, 3.8) is 0 Å². The number of allylic oxidation sites excluding steroid dienone is 2. The number of rotatable bonds is 6. The van der Waals surface area contributed by atoms with Gasteiger partial charge in [0, 0.05) is 17.0 Å². The van der Waals surface area contributed by atoms with Crippen molar-refractivity contribution >= 4 is 28.3 Å². The average molecular weight is 446 g/mol. The second kappa shape index (κ2) is 9.22. The Kier molecular flexibility index (Phi) is 6.36. The first-order valence-corrected chi connectivity index (χ1v) is 11.4. The molecule has 6 heteroatoms. The third-order valence-electron chi connectivity index (χ3n) is 6.70. The van der Waals surface area contributed by atoms with Crippen LogP contribution in [-0.4, -0.2) is 28.2 Å². The summed E-state index contributed by atoms with van der Waals surface area (Å²) in [5.41, 5.74) is 6.68. The maximum absolute atomic E-state index is 11.4. The monoisotopic (exact) mass is 445 g/mol. The van der Waals surface area contributed by atoms with E-state index in [1.165, 1.54) is 16.7 Å². The lowest BCUT2D eigenvalue weighted by Gasteiger charge is -2.22. The van der Waals surface area contributed by atoms with Gasteiger partial charge >= 0.3 is 5.97 Å². The van der Waals surface area contributed by atoms with Crippen molar-refractivity contribution in [3.05, 3.63) is 64.5 Å². The number of nitrogens with one attached hydrogen (secondary N) is 1. The van der Waals surface area contributed by atoms with Crippen LogP contribution in [-0.2, 0) is 4.79 Å². The fourth-order valence-corrected chi connectivity index (χ4v) is 4.63. The molecule has 1 aliphatic carbocycles. The van der Waals surface area contributed by atoms with E-state index in [0.717, 1.165) is 33.6 Å². The smallest absolute Gasteiger partial charge is 0.306 e. The first-order chi connectivity index (χ1) is 15.8. The van der Waals surface area contributed by atoms with Gasteiger partial charge in [-0.2, -0.15) is 0 Å². The van der Waals surface area contributed by atoms with Crippen LogP contribution >= 0.6 is 0 Å². The Hall–Kier alpha value is -3.41. The van der Waals surface area contributed by atoms with E-state index in [-0.39, 0.29) is 12.0 Å². The molecule has 2 atom stereocenters. The molecule has 0 radical (unpaired) electrons. The fraction of sp³-hybridized carbons (Fsp3) is 0.370. The topological polar surface area (TPSA) is 84.3 Å². The zero-order valence-electron chi connectivity index (χ0n) is 19.9. The normalized spacial score (nSPS) is 16.9. The first-order valence-electron chi connectivity index (χ1n) is 11.4. The Labute approximate surface area is 194 Å². The van der Waals surface area contributed by atoms with E-state index in [9.17, 15) is 9.90 Å². The first kappa shape index (κ1) is 22.8. The molecular weight excluding hydrogens is 414 g/mol. The molecule has 0 bridgehead atoms. The number of benzene rings is 2. The van der Waals surface area contributed by atoms with Crippen molar-refractivity contribution in [3.8, 4) is 5.75 Å². The second-order valence-electron chi connectivity index (χ2n) is 8.88. The quantitative estimate of drug-likeness (QED) is 0.484. The van der Waals surface area contributed by atoms with Gasteiger partial charge in [0.25, 0.3) is 0 Å². The van der Waals surface area contributed by atoms with E-state index >= 15 is 0 Å². The van der Waals surface area contributed by atoms with Gasteiger partial charge in [0.15, 0.2) is 0 Å². The number of fused-ring (bicyclic) bond motifs is 1. The molecule has 0 amide bonds. The lowest BCUT2D eigenvalue weighted by molar-refractivity contribution is -0.141. The summed E-state index contributed by atoms with van der Waals surface area (Å²) in [5, 5.41) is 13.9. The Morgan fingerprint density at radius 3 is 2.67 bits per heavy atom. The number of anilines is 1. The molecular formula is C27H31N3O3. The summed E-state index contributed by atoms with van der Waals surface area (Å²) in [6.07, 6.45) is 3.90. The van der Waals surface area contributed by atoms with Crippen LogP contribution in [0.5, 0.6) is 5.75 Å². The van der Waals surface area contributed by atoms with Crippen LogP contribution < -0.4 is 10.1 Å². The number of carboxylic acids is 1. The number of aromatic nitrogens is 2. The van der Waals surface area contributed by atoms with E-state index in [4.69, 9.17) is 9.72 Å². The molecule has 4 rings (SSSR count). The highest BCUT2D eigenvalue weighted by Gasteiger charge is 2.23. The fourth-order valence-electron chi connectivity index (χ4n) is 4.63. The number of methoxy groups -OCH3 is 1. The Bertz CT molecular complexity index is 1250. The molecule has 0 aliphatic heterocycles. The predicted octanol–water partition coefficient (Wildman–Crippen LogP) is 6.00. The van der Waals surface area contributed by atoms with Crippen molar-refractivity contribution in [2.75, 3.05) is 12.4 Å². The van der Waals surface area contributed by atoms with Gasteiger partial charge in [0.05, 0.1) is 24.6 Å². The van der Waals surface area contributed by atoms with E-state index in [1.807, 2.05) is 19.1 Å². The van der Waals surface area contributed by atoms with E-state index in [2.05, 4.69) is 55.3 Å². The van der Waals surface area contributed by atoms with E-state index < -0.39 is 5.97 Å². The van der Waals surface area contributed by atoms with Crippen LogP contribution in [0.15, 0.2) is 36.4 Å². The molecule has 0 spiro atoms. The number of hydrogen-bond acceptors (Lipinski definition) is 5. The molecule has 0 saturated carbocycles. The van der Waals surface area contributed by atoms with Crippen molar-refractivity contribution in [1.82, 2.24) is 9.97 Å². The average Bonchev–Trinajstić information content (AvgIpc) is 2.80. The summed E-state index contributed by atoms with van der Waals surface area (Å²) in [6, 6.07) is 10.5. The minimum Gasteiger partial charge on any atom is -0.496 e. The van der Waals surface area contributed by atoms with Gasteiger partial charge in [0.2, 0.25) is 0 Å². The Morgan fingerprint density at radius 1 is 1.21 bits per heavy atom. The SMILES string of the molecule is COc1cc2nc(C)nc(N[C@@H](C)c3cccc(C)c3C)c2cc1C1=CCC(C(=O)O)CC1. The standard InChI is InChI=1S/C27H31N3O3/c1-15-7-6-8-21(16(15)2)17(3)28-26-23-13-22(19-9-11-20(12-10-19)27(31)32)25(33-5)14-24(23)29-18(4)30-26/h6-9,13-14,17,20H,10-12H2,1-5H3,(H,31,32)(H,28,29,30)/t17-,20?/m0/s1. The summed E-state index contributed by atoms with van der Waals surface area (Å²) in [7, 11) is 1.66. The maximum Gasteiger partial charge on any atom is 0.306 e. The van der Waals surface area contributed by atoms with Crippen LogP contribution in [0.1, 0.15) is 60.3 Å². The lowest BCUT2D eigenvalue weighted by Crippen LogP contribution is -2.16. The molecule has 1 unspecified atom stereocenters. The van der Waals surface area contributed by atoms with Crippen molar-refractivity contribution < 1.29 is 14.6 Å². The summed E-state index contributed by atoms with van der Waals surface area (Å²) in [5.74, 6) is 1.17. The Morgan fingerprint density at radius 2 is 2.00 bits per heavy atom. The highest BCUT2D eigenvalue weighted by atomic mass is 16.5. The van der Waals surface area contributed by atoms with Crippen LogP contribution in [0, 0.1) is 26.7 Å². The summed E-state index contributed by atoms with van der Waals surface area (Å²) < 4.78 is 5.70. The number of hydrogen-bond donors (Lipinski definition) is 2. The summed E-state index contributed by atoms with van der Waals surface area (Å²) >= 11 is 0. The zero-order chi connectivity index (χ0) is 23.7. The van der Waals surface area contributed by atoms with Crippen LogP contribution in [0.2, 0.25) is 0 Å². The van der Waals surface area contributed by atoms with Crippen LogP contribution in [0.25, 0.3) is 16.5 Å². The molecule has 1 aromatic heterocycles. The maximum atomic E-state index is 11.4. The molecule has 0 fully saturated rings. The van der Waals surface area contributed by atoms with Gasteiger partial charge in [0.1, 0.15) is 17.4 Å². The van der Waals surface area contributed by atoms with E-state index in [0.29, 0.717) is 25.1 Å². The summed E-state index contributed by atoms with van der Waals surface area (Å²) in [6.45, 7) is 8.31. The van der Waals surface area contributed by atoms with Gasteiger partial charge < -0.3 is 15.2 Å². The number of nitrogens with zero attached hydrogens (tertiary/aromatic N) is 2. The highest BCUT2D eigenvalue weighted by Crippen LogP contribution is 2.39. The van der Waals surface area contributed by atoms with Gasteiger partial charge in [-0.3, -0.25) is 4.79 Å². The molecule has 1 aliphatic rings. The predicted molar refractivity (Wildman–Crippen MR) is 132 cm³/mol. The molecule has 3 aromatic rings. The van der Waals surface area contributed by atoms with Gasteiger partial charge in [-0.1, -0.05) is 24.3 Å². The van der Waals surface area contributed by atoms with Gasteiger partial charge in [-0.15, -0.1) is 0 Å². The number of carbonyl (C=O) groups is 1. The van der Waals surface area contributed by atoms with Gasteiger partial charge in [-0.05, 0) is 75.3 Å². The van der Waals surface area contributed by atoms with E-state index in [1.54, 1.807) is 7.11 Å². The molecule has 6 nitrogen and oxygen atoms in total. The number of aliphatic carboxylic acids is 1. The largest absolute Gasteiger partial charge is 0.496 e. The zero-order valence-corrected chi connectivity index (χ0v) is 19.9. The van der Waals surface area contributed by atoms with Gasteiger partial charge in [-0.25, -0.2) is 9.97 Å².